The summed E-state index contributed by atoms with van der Waals surface area (Å²) in [7, 11) is 0. The minimum atomic E-state index is 0.361. The highest BCUT2D eigenvalue weighted by Crippen LogP contribution is 2.32. The second-order valence-electron chi connectivity index (χ2n) is 4.90. The van der Waals surface area contributed by atoms with Gasteiger partial charge >= 0.3 is 0 Å². The topological polar surface area (TPSA) is 26.3 Å². The van der Waals surface area contributed by atoms with Gasteiger partial charge in [-0.2, -0.15) is 0 Å². The van der Waals surface area contributed by atoms with Gasteiger partial charge in [0.2, 0.25) is 0 Å². The van der Waals surface area contributed by atoms with Crippen LogP contribution in [0.25, 0.3) is 0 Å². The molecule has 2 nitrogen and oxygen atoms in total. The maximum Gasteiger partial charge on any atom is 0.136 e. The van der Waals surface area contributed by atoms with Crippen LogP contribution in [0.5, 0.6) is 0 Å². The van der Waals surface area contributed by atoms with Gasteiger partial charge in [-0.1, -0.05) is 26.2 Å². The van der Waals surface area contributed by atoms with E-state index in [-0.39, 0.29) is 0 Å². The van der Waals surface area contributed by atoms with Crippen LogP contribution in [0.3, 0.4) is 0 Å². The summed E-state index contributed by atoms with van der Waals surface area (Å²) in [6.45, 7) is 5.74. The molecule has 0 heterocycles. The monoisotopic (exact) mass is 226 g/mol. The molecule has 2 heteroatoms. The second kappa shape index (κ2) is 7.83. The molecule has 0 radical (unpaired) electrons. The van der Waals surface area contributed by atoms with Crippen LogP contribution in [0.4, 0.5) is 0 Å². The summed E-state index contributed by atoms with van der Waals surface area (Å²) in [4.78, 5) is 12.0. The number of rotatable bonds is 7. The van der Waals surface area contributed by atoms with Crippen molar-refractivity contribution in [1.82, 2.24) is 0 Å². The van der Waals surface area contributed by atoms with Crippen LogP contribution in [-0.4, -0.2) is 19.0 Å². The fourth-order valence-corrected chi connectivity index (χ4v) is 2.65. The summed E-state index contributed by atoms with van der Waals surface area (Å²) in [5.74, 6) is 1.65. The van der Waals surface area contributed by atoms with Crippen LogP contribution in [-0.2, 0) is 9.53 Å². The average Bonchev–Trinajstić information content (AvgIpc) is 2.34. The van der Waals surface area contributed by atoms with Gasteiger partial charge in [-0.25, -0.2) is 0 Å². The van der Waals surface area contributed by atoms with Crippen molar-refractivity contribution in [1.29, 1.82) is 0 Å². The van der Waals surface area contributed by atoms with Crippen molar-refractivity contribution in [2.75, 3.05) is 13.2 Å². The van der Waals surface area contributed by atoms with Crippen molar-refractivity contribution in [2.45, 2.75) is 58.8 Å². The first-order valence-electron chi connectivity index (χ1n) is 6.88. The molecule has 1 aliphatic rings. The molecule has 1 rings (SSSR count). The third-order valence-corrected chi connectivity index (χ3v) is 3.73. The van der Waals surface area contributed by atoms with E-state index in [1.165, 1.54) is 19.3 Å². The lowest BCUT2D eigenvalue weighted by Gasteiger charge is -2.27. The van der Waals surface area contributed by atoms with Crippen LogP contribution in [0.1, 0.15) is 58.8 Å². The molecule has 0 spiro atoms. The van der Waals surface area contributed by atoms with Gasteiger partial charge in [-0.3, -0.25) is 4.79 Å². The van der Waals surface area contributed by atoms with E-state index >= 15 is 0 Å². The molecule has 1 saturated carbocycles. The number of carbonyl (C=O) groups is 1. The van der Waals surface area contributed by atoms with Gasteiger partial charge in [-0.05, 0) is 32.1 Å². The van der Waals surface area contributed by atoms with Gasteiger partial charge in [0.25, 0.3) is 0 Å². The van der Waals surface area contributed by atoms with Crippen LogP contribution in [0.2, 0.25) is 0 Å². The Balaban J connectivity index is 2.19. The molecular formula is C14H26O2. The molecule has 1 fully saturated rings. The predicted octanol–water partition coefficient (Wildman–Crippen LogP) is 3.59. The van der Waals surface area contributed by atoms with Gasteiger partial charge in [0, 0.05) is 25.6 Å². The van der Waals surface area contributed by atoms with E-state index < -0.39 is 0 Å². The molecule has 0 aromatic rings. The van der Waals surface area contributed by atoms with E-state index in [2.05, 4.69) is 6.92 Å². The summed E-state index contributed by atoms with van der Waals surface area (Å²) in [5.41, 5.74) is 0. The summed E-state index contributed by atoms with van der Waals surface area (Å²) in [6, 6.07) is 0. The maximum atomic E-state index is 12.0. The third kappa shape index (κ3) is 4.65. The number of ether oxygens (including phenoxy) is 1. The SMILES string of the molecule is CCOCCCC(=O)C1CCCC(CC)C1. The Bertz CT molecular complexity index is 201. The first kappa shape index (κ1) is 13.7. The quantitative estimate of drug-likeness (QED) is 0.620. The zero-order valence-corrected chi connectivity index (χ0v) is 10.8. The van der Waals surface area contributed by atoms with E-state index in [1.807, 2.05) is 6.92 Å². The fraction of sp³-hybridized carbons (Fsp3) is 0.929. The zero-order chi connectivity index (χ0) is 11.8. The molecule has 2 unspecified atom stereocenters. The zero-order valence-electron chi connectivity index (χ0n) is 10.8. The Morgan fingerprint density at radius 2 is 2.12 bits per heavy atom. The van der Waals surface area contributed by atoms with Crippen molar-refractivity contribution in [3.05, 3.63) is 0 Å². The third-order valence-electron chi connectivity index (χ3n) is 3.73. The van der Waals surface area contributed by atoms with E-state index in [1.54, 1.807) is 0 Å². The van der Waals surface area contributed by atoms with Gasteiger partial charge in [0.05, 0.1) is 0 Å². The molecule has 0 saturated heterocycles. The van der Waals surface area contributed by atoms with Gasteiger partial charge in [0.1, 0.15) is 5.78 Å². The van der Waals surface area contributed by atoms with Gasteiger partial charge < -0.3 is 4.74 Å². The lowest BCUT2D eigenvalue weighted by Crippen LogP contribution is -2.22. The summed E-state index contributed by atoms with van der Waals surface area (Å²) < 4.78 is 5.26. The van der Waals surface area contributed by atoms with Crippen LogP contribution in [0.15, 0.2) is 0 Å². The Morgan fingerprint density at radius 1 is 1.31 bits per heavy atom. The van der Waals surface area contributed by atoms with Gasteiger partial charge in [-0.15, -0.1) is 0 Å². The minimum absolute atomic E-state index is 0.361. The maximum absolute atomic E-state index is 12.0. The first-order valence-corrected chi connectivity index (χ1v) is 6.88. The lowest BCUT2D eigenvalue weighted by molar-refractivity contribution is -0.124. The molecule has 0 aromatic heterocycles. The van der Waals surface area contributed by atoms with E-state index in [9.17, 15) is 4.79 Å². The van der Waals surface area contributed by atoms with Crippen LogP contribution in [0, 0.1) is 11.8 Å². The van der Waals surface area contributed by atoms with Crippen molar-refractivity contribution >= 4 is 5.78 Å². The lowest BCUT2D eigenvalue weighted by atomic mass is 9.77. The smallest absolute Gasteiger partial charge is 0.136 e. The second-order valence-corrected chi connectivity index (χ2v) is 4.90. The Kier molecular flexibility index (Phi) is 6.70. The minimum Gasteiger partial charge on any atom is -0.382 e. The summed E-state index contributed by atoms with van der Waals surface area (Å²) in [6.07, 6.45) is 7.72. The van der Waals surface area contributed by atoms with E-state index in [0.29, 0.717) is 11.7 Å². The predicted molar refractivity (Wildman–Crippen MR) is 66.5 cm³/mol. The molecule has 0 amide bonds. The number of Topliss-reactive ketones (excluding diaryl/α,β-unsaturated/α-hetero) is 1. The molecule has 0 aliphatic heterocycles. The molecule has 0 aromatic carbocycles. The van der Waals surface area contributed by atoms with E-state index in [0.717, 1.165) is 44.8 Å². The van der Waals surface area contributed by atoms with Crippen molar-refractivity contribution < 1.29 is 9.53 Å². The van der Waals surface area contributed by atoms with Gasteiger partial charge in [0.15, 0.2) is 0 Å². The molecule has 0 N–H and O–H groups in total. The van der Waals surface area contributed by atoms with Crippen molar-refractivity contribution in [3.8, 4) is 0 Å². The molecule has 0 bridgehead atoms. The number of ketones is 1. The summed E-state index contributed by atoms with van der Waals surface area (Å²) in [5, 5.41) is 0. The highest BCUT2D eigenvalue weighted by Gasteiger charge is 2.25. The molecule has 2 atom stereocenters. The Morgan fingerprint density at radius 3 is 2.81 bits per heavy atom. The first-order chi connectivity index (χ1) is 7.77. The van der Waals surface area contributed by atoms with Crippen molar-refractivity contribution in [2.24, 2.45) is 11.8 Å². The molecule has 94 valence electrons. The largest absolute Gasteiger partial charge is 0.382 e. The summed E-state index contributed by atoms with van der Waals surface area (Å²) >= 11 is 0. The Hall–Kier alpha value is -0.370. The van der Waals surface area contributed by atoms with E-state index in [4.69, 9.17) is 4.74 Å². The standard InChI is InChI=1S/C14H26O2/c1-3-12-7-5-8-13(11-12)14(15)9-6-10-16-4-2/h12-13H,3-11H2,1-2H3. The average molecular weight is 226 g/mol. The molecular weight excluding hydrogens is 200 g/mol. The molecule has 16 heavy (non-hydrogen) atoms. The fourth-order valence-electron chi connectivity index (χ4n) is 2.65. The van der Waals surface area contributed by atoms with Crippen molar-refractivity contribution in [3.63, 3.8) is 0 Å². The highest BCUT2D eigenvalue weighted by molar-refractivity contribution is 5.81. The molecule has 1 aliphatic carbocycles. The normalized spacial score (nSPS) is 25.6. The van der Waals surface area contributed by atoms with Crippen LogP contribution < -0.4 is 0 Å². The number of hydrogen-bond acceptors (Lipinski definition) is 2. The Labute approximate surface area is 99.8 Å². The number of hydrogen-bond donors (Lipinski definition) is 0. The highest BCUT2D eigenvalue weighted by atomic mass is 16.5. The number of carbonyl (C=O) groups excluding carboxylic acids is 1. The van der Waals surface area contributed by atoms with Crippen LogP contribution >= 0.6 is 0 Å².